The van der Waals surface area contributed by atoms with Crippen molar-refractivity contribution in [3.8, 4) is 0 Å². The number of nitrogens with two attached hydrogens (primary N) is 1. The molecule has 88 valence electrons. The zero-order valence-electron chi connectivity index (χ0n) is 9.27. The van der Waals surface area contributed by atoms with E-state index in [4.69, 9.17) is 5.73 Å². The molecular formula is C10H16N4OS. The van der Waals surface area contributed by atoms with Gasteiger partial charge in [-0.2, -0.15) is 4.37 Å². The lowest BCUT2D eigenvalue weighted by Crippen LogP contribution is -2.32. The van der Waals surface area contributed by atoms with Crippen LogP contribution in [0.2, 0.25) is 0 Å². The Morgan fingerprint density at radius 1 is 1.44 bits per heavy atom. The van der Waals surface area contributed by atoms with E-state index in [0.29, 0.717) is 11.0 Å². The first-order valence-electron chi connectivity index (χ1n) is 5.52. The molecule has 1 aromatic heterocycles. The maximum absolute atomic E-state index is 11.9. The molecule has 0 atom stereocenters. The van der Waals surface area contributed by atoms with Crippen LogP contribution in [0.15, 0.2) is 0 Å². The third kappa shape index (κ3) is 2.76. The molecule has 1 aliphatic rings. The third-order valence-electron chi connectivity index (χ3n) is 2.90. The molecule has 0 saturated heterocycles. The van der Waals surface area contributed by atoms with E-state index in [-0.39, 0.29) is 17.9 Å². The van der Waals surface area contributed by atoms with Gasteiger partial charge in [0.25, 0.3) is 0 Å². The number of carbonyl (C=O) groups excluding carboxylic acids is 1. The van der Waals surface area contributed by atoms with E-state index >= 15 is 0 Å². The lowest BCUT2D eigenvalue weighted by atomic mass is 9.86. The predicted molar refractivity (Wildman–Crippen MR) is 63.2 cm³/mol. The lowest BCUT2D eigenvalue weighted by Gasteiger charge is -2.24. The molecule has 0 aromatic carbocycles. The highest BCUT2D eigenvalue weighted by atomic mass is 32.1. The number of aromatic nitrogens is 2. The van der Waals surface area contributed by atoms with Gasteiger partial charge >= 0.3 is 0 Å². The Hall–Kier alpha value is -1.01. The molecule has 5 nitrogen and oxygen atoms in total. The van der Waals surface area contributed by atoms with Gasteiger partial charge in [0, 0.05) is 23.5 Å². The summed E-state index contributed by atoms with van der Waals surface area (Å²) in [6.45, 7) is 1.81. The standard InChI is InChI=1S/C10H16N4OS/c1-6-12-10(16-14-6)13-9(15)7-2-4-8(11)5-3-7/h7-8H,2-5,11H2,1H3,(H,12,13,14,15). The molecule has 1 aliphatic carbocycles. The van der Waals surface area contributed by atoms with Crippen molar-refractivity contribution >= 4 is 22.6 Å². The number of nitrogens with zero attached hydrogens (tertiary/aromatic N) is 2. The summed E-state index contributed by atoms with van der Waals surface area (Å²) >= 11 is 1.22. The van der Waals surface area contributed by atoms with Crippen molar-refractivity contribution in [1.29, 1.82) is 0 Å². The van der Waals surface area contributed by atoms with Gasteiger partial charge in [0.05, 0.1) is 0 Å². The van der Waals surface area contributed by atoms with E-state index < -0.39 is 0 Å². The molecule has 1 fully saturated rings. The second kappa shape index (κ2) is 4.88. The van der Waals surface area contributed by atoms with Crippen LogP contribution in [0.5, 0.6) is 0 Å². The third-order valence-corrected chi connectivity index (χ3v) is 3.62. The van der Waals surface area contributed by atoms with Crippen molar-refractivity contribution in [1.82, 2.24) is 9.36 Å². The van der Waals surface area contributed by atoms with Crippen LogP contribution >= 0.6 is 11.5 Å². The molecule has 0 bridgehead atoms. The minimum atomic E-state index is 0.0584. The van der Waals surface area contributed by atoms with Crippen LogP contribution in [0.4, 0.5) is 5.13 Å². The van der Waals surface area contributed by atoms with Gasteiger partial charge in [-0.05, 0) is 32.6 Å². The molecule has 1 aromatic rings. The van der Waals surface area contributed by atoms with Crippen molar-refractivity contribution in [2.45, 2.75) is 38.6 Å². The van der Waals surface area contributed by atoms with E-state index in [1.54, 1.807) is 0 Å². The summed E-state index contributed by atoms with van der Waals surface area (Å²) in [5.41, 5.74) is 5.80. The van der Waals surface area contributed by atoms with Gasteiger partial charge in [-0.15, -0.1) is 0 Å². The SMILES string of the molecule is Cc1nsc(NC(=O)C2CCC(N)CC2)n1. The number of rotatable bonds is 2. The summed E-state index contributed by atoms with van der Waals surface area (Å²) in [6, 6.07) is 0.271. The number of carbonyl (C=O) groups is 1. The fourth-order valence-corrected chi connectivity index (χ4v) is 2.52. The number of nitrogens with one attached hydrogen (secondary N) is 1. The van der Waals surface area contributed by atoms with Gasteiger partial charge in [-0.3, -0.25) is 4.79 Å². The molecule has 0 unspecified atom stereocenters. The fourth-order valence-electron chi connectivity index (χ4n) is 1.94. The molecule has 0 aliphatic heterocycles. The van der Waals surface area contributed by atoms with Crippen molar-refractivity contribution in [2.75, 3.05) is 5.32 Å². The summed E-state index contributed by atoms with van der Waals surface area (Å²) < 4.78 is 4.02. The molecular weight excluding hydrogens is 224 g/mol. The molecule has 0 radical (unpaired) electrons. The Morgan fingerprint density at radius 2 is 2.12 bits per heavy atom. The minimum Gasteiger partial charge on any atom is -0.328 e. The van der Waals surface area contributed by atoms with Crippen molar-refractivity contribution in [3.63, 3.8) is 0 Å². The first kappa shape index (κ1) is 11.5. The van der Waals surface area contributed by atoms with E-state index in [0.717, 1.165) is 25.7 Å². The van der Waals surface area contributed by atoms with Gasteiger partial charge in [0.2, 0.25) is 11.0 Å². The van der Waals surface area contributed by atoms with Gasteiger partial charge in [-0.25, -0.2) is 4.98 Å². The summed E-state index contributed by atoms with van der Waals surface area (Å²) in [5, 5.41) is 3.41. The smallest absolute Gasteiger partial charge is 0.229 e. The highest BCUT2D eigenvalue weighted by molar-refractivity contribution is 7.09. The monoisotopic (exact) mass is 240 g/mol. The molecule has 0 spiro atoms. The molecule has 6 heteroatoms. The number of amides is 1. The number of hydrogen-bond acceptors (Lipinski definition) is 5. The number of aryl methyl sites for hydroxylation is 1. The number of anilines is 1. The van der Waals surface area contributed by atoms with Crippen LogP contribution < -0.4 is 11.1 Å². The minimum absolute atomic E-state index is 0.0584. The van der Waals surface area contributed by atoms with Crippen LogP contribution in [0.25, 0.3) is 0 Å². The van der Waals surface area contributed by atoms with Crippen LogP contribution in [0.3, 0.4) is 0 Å². The number of hydrogen-bond donors (Lipinski definition) is 2. The summed E-state index contributed by atoms with van der Waals surface area (Å²) in [5.74, 6) is 0.845. The zero-order chi connectivity index (χ0) is 11.5. The van der Waals surface area contributed by atoms with E-state index in [9.17, 15) is 4.79 Å². The first-order valence-corrected chi connectivity index (χ1v) is 6.29. The van der Waals surface area contributed by atoms with Gasteiger partial charge in [0.15, 0.2) is 0 Å². The van der Waals surface area contributed by atoms with Gasteiger partial charge in [-0.1, -0.05) is 0 Å². The molecule has 16 heavy (non-hydrogen) atoms. The normalized spacial score (nSPS) is 25.4. The molecule has 1 amide bonds. The maximum atomic E-state index is 11.9. The van der Waals surface area contributed by atoms with Gasteiger partial charge in [0.1, 0.15) is 5.82 Å². The Balaban J connectivity index is 1.88. The second-order valence-electron chi connectivity index (χ2n) is 4.25. The Labute approximate surface area is 98.6 Å². The van der Waals surface area contributed by atoms with Crippen molar-refractivity contribution in [3.05, 3.63) is 5.82 Å². The topological polar surface area (TPSA) is 80.9 Å². The Bertz CT molecular complexity index is 371. The molecule has 1 heterocycles. The summed E-state index contributed by atoms with van der Waals surface area (Å²) in [4.78, 5) is 16.0. The van der Waals surface area contributed by atoms with E-state index in [1.807, 2.05) is 6.92 Å². The largest absolute Gasteiger partial charge is 0.328 e. The molecule has 1 saturated carbocycles. The zero-order valence-corrected chi connectivity index (χ0v) is 10.1. The van der Waals surface area contributed by atoms with Crippen LogP contribution in [0.1, 0.15) is 31.5 Å². The maximum Gasteiger partial charge on any atom is 0.229 e. The quantitative estimate of drug-likeness (QED) is 0.816. The first-order chi connectivity index (χ1) is 7.65. The average molecular weight is 240 g/mol. The summed E-state index contributed by atoms with van der Waals surface area (Å²) in [6.07, 6.45) is 3.63. The lowest BCUT2D eigenvalue weighted by molar-refractivity contribution is -0.120. The molecule has 2 rings (SSSR count). The van der Waals surface area contributed by atoms with Crippen LogP contribution in [-0.2, 0) is 4.79 Å². The van der Waals surface area contributed by atoms with Crippen LogP contribution in [0, 0.1) is 12.8 Å². The highest BCUT2D eigenvalue weighted by Crippen LogP contribution is 2.24. The predicted octanol–water partition coefficient (Wildman–Crippen LogP) is 1.30. The second-order valence-corrected chi connectivity index (χ2v) is 5.00. The fraction of sp³-hybridized carbons (Fsp3) is 0.700. The Morgan fingerprint density at radius 3 is 2.69 bits per heavy atom. The highest BCUT2D eigenvalue weighted by Gasteiger charge is 2.25. The van der Waals surface area contributed by atoms with Gasteiger partial charge < -0.3 is 11.1 Å². The summed E-state index contributed by atoms with van der Waals surface area (Å²) in [7, 11) is 0. The van der Waals surface area contributed by atoms with E-state index in [2.05, 4.69) is 14.7 Å². The van der Waals surface area contributed by atoms with Crippen molar-refractivity contribution in [2.24, 2.45) is 11.7 Å². The van der Waals surface area contributed by atoms with Crippen LogP contribution in [-0.4, -0.2) is 21.3 Å². The molecule has 3 N–H and O–H groups in total. The average Bonchev–Trinajstić information content (AvgIpc) is 2.65. The Kier molecular flexibility index (Phi) is 3.50. The van der Waals surface area contributed by atoms with E-state index in [1.165, 1.54) is 11.5 Å². The van der Waals surface area contributed by atoms with Crippen molar-refractivity contribution < 1.29 is 4.79 Å².